The van der Waals surface area contributed by atoms with Gasteiger partial charge in [0.15, 0.2) is 0 Å². The van der Waals surface area contributed by atoms with E-state index in [9.17, 15) is 9.90 Å². The quantitative estimate of drug-likeness (QED) is 0.741. The molecule has 4 nitrogen and oxygen atoms in total. The third-order valence-electron chi connectivity index (χ3n) is 1.86. The molecule has 0 aliphatic rings. The second-order valence-corrected chi connectivity index (χ2v) is 3.25. The molecule has 1 heterocycles. The van der Waals surface area contributed by atoms with Crippen LogP contribution in [0, 0.1) is 0 Å². The Labute approximate surface area is 83.5 Å². The van der Waals surface area contributed by atoms with Crippen molar-refractivity contribution in [1.29, 1.82) is 0 Å². The summed E-state index contributed by atoms with van der Waals surface area (Å²) in [7, 11) is 0. The van der Waals surface area contributed by atoms with Crippen molar-refractivity contribution in [3.8, 4) is 0 Å². The summed E-state index contributed by atoms with van der Waals surface area (Å²) in [6, 6.07) is 3.54. The lowest BCUT2D eigenvalue weighted by Gasteiger charge is -2.10. The van der Waals surface area contributed by atoms with Crippen molar-refractivity contribution >= 4 is 5.91 Å². The third-order valence-corrected chi connectivity index (χ3v) is 1.86. The van der Waals surface area contributed by atoms with Gasteiger partial charge in [-0.25, -0.2) is 0 Å². The van der Waals surface area contributed by atoms with Crippen molar-refractivity contribution in [2.24, 2.45) is 0 Å². The molecule has 1 rings (SSSR count). The van der Waals surface area contributed by atoms with E-state index in [0.29, 0.717) is 18.8 Å². The number of hydrogen-bond acceptors (Lipinski definition) is 2. The van der Waals surface area contributed by atoms with Gasteiger partial charge in [0.25, 0.3) is 5.91 Å². The summed E-state index contributed by atoms with van der Waals surface area (Å²) in [5.41, 5.74) is 0.591. The van der Waals surface area contributed by atoms with Crippen molar-refractivity contribution < 1.29 is 9.90 Å². The topological polar surface area (TPSA) is 54.3 Å². The Morgan fingerprint density at radius 2 is 2.43 bits per heavy atom. The number of aliphatic hydroxyl groups is 1. The molecule has 0 fully saturated rings. The van der Waals surface area contributed by atoms with Gasteiger partial charge in [-0.15, -0.1) is 0 Å². The van der Waals surface area contributed by atoms with Gasteiger partial charge >= 0.3 is 0 Å². The fraction of sp³-hybridized carbons (Fsp3) is 0.500. The van der Waals surface area contributed by atoms with Crippen LogP contribution in [0.15, 0.2) is 18.3 Å². The number of aliphatic hydroxyl groups excluding tert-OH is 1. The molecule has 0 saturated heterocycles. The lowest BCUT2D eigenvalue weighted by Crippen LogP contribution is -2.26. The predicted octanol–water partition coefficient (Wildman–Crippen LogP) is 0.619. The fourth-order valence-corrected chi connectivity index (χ4v) is 1.32. The first-order valence-electron chi connectivity index (χ1n) is 4.76. The lowest BCUT2D eigenvalue weighted by molar-refractivity contribution is 0.0942. The smallest absolute Gasteiger partial charge is 0.267 e. The molecular weight excluding hydrogens is 180 g/mol. The van der Waals surface area contributed by atoms with Crippen molar-refractivity contribution in [2.75, 3.05) is 6.54 Å². The fourth-order valence-electron chi connectivity index (χ4n) is 1.32. The summed E-state index contributed by atoms with van der Waals surface area (Å²) in [6.07, 6.45) is 1.34. The summed E-state index contributed by atoms with van der Waals surface area (Å²) in [4.78, 5) is 11.5. The molecule has 1 aromatic heterocycles. The molecule has 14 heavy (non-hydrogen) atoms. The maximum absolute atomic E-state index is 11.5. The maximum Gasteiger partial charge on any atom is 0.267 e. The highest BCUT2D eigenvalue weighted by atomic mass is 16.3. The molecule has 0 spiro atoms. The van der Waals surface area contributed by atoms with Gasteiger partial charge in [0.1, 0.15) is 5.69 Å². The number of carbonyl (C=O) groups excluding carboxylic acids is 1. The van der Waals surface area contributed by atoms with Crippen LogP contribution < -0.4 is 5.32 Å². The SMILES string of the molecule is CCNC(=O)c1cccn1CC(C)O. The van der Waals surface area contributed by atoms with Crippen molar-refractivity contribution in [3.05, 3.63) is 24.0 Å². The van der Waals surface area contributed by atoms with Gasteiger partial charge in [-0.05, 0) is 26.0 Å². The summed E-state index contributed by atoms with van der Waals surface area (Å²) in [5.74, 6) is -0.0989. The Bertz CT molecular complexity index is 305. The molecule has 2 N–H and O–H groups in total. The summed E-state index contributed by atoms with van der Waals surface area (Å²) in [6.45, 7) is 4.62. The third kappa shape index (κ3) is 2.60. The van der Waals surface area contributed by atoms with E-state index in [1.807, 2.05) is 6.92 Å². The van der Waals surface area contributed by atoms with Gasteiger partial charge in [-0.3, -0.25) is 4.79 Å². The molecule has 0 bridgehead atoms. The Hall–Kier alpha value is -1.29. The zero-order valence-electron chi connectivity index (χ0n) is 8.53. The maximum atomic E-state index is 11.5. The lowest BCUT2D eigenvalue weighted by atomic mass is 10.3. The number of carbonyl (C=O) groups is 1. The zero-order valence-corrected chi connectivity index (χ0v) is 8.53. The van der Waals surface area contributed by atoms with Crippen LogP contribution in [0.5, 0.6) is 0 Å². The molecule has 1 aromatic rings. The minimum atomic E-state index is -0.449. The Balaban J connectivity index is 2.76. The van der Waals surface area contributed by atoms with Crippen molar-refractivity contribution in [2.45, 2.75) is 26.5 Å². The summed E-state index contributed by atoms with van der Waals surface area (Å²) >= 11 is 0. The Morgan fingerprint density at radius 1 is 1.71 bits per heavy atom. The first kappa shape index (κ1) is 10.8. The van der Waals surface area contributed by atoms with Gasteiger partial charge in [-0.1, -0.05) is 0 Å². The highest BCUT2D eigenvalue weighted by molar-refractivity contribution is 5.92. The van der Waals surface area contributed by atoms with Gasteiger partial charge < -0.3 is 15.0 Å². The highest BCUT2D eigenvalue weighted by Crippen LogP contribution is 2.03. The first-order chi connectivity index (χ1) is 6.65. The number of rotatable bonds is 4. The van der Waals surface area contributed by atoms with E-state index < -0.39 is 6.10 Å². The van der Waals surface area contributed by atoms with Crippen molar-refractivity contribution in [3.63, 3.8) is 0 Å². The summed E-state index contributed by atoms with van der Waals surface area (Å²) in [5, 5.41) is 11.9. The predicted molar refractivity (Wildman–Crippen MR) is 54.1 cm³/mol. The van der Waals surface area contributed by atoms with Crippen LogP contribution in [-0.4, -0.2) is 28.2 Å². The number of hydrogen-bond donors (Lipinski definition) is 2. The van der Waals surface area contributed by atoms with E-state index in [0.717, 1.165) is 0 Å². The molecule has 0 aromatic carbocycles. The van der Waals surface area contributed by atoms with E-state index >= 15 is 0 Å². The van der Waals surface area contributed by atoms with E-state index in [2.05, 4.69) is 5.32 Å². The second kappa shape index (κ2) is 4.81. The van der Waals surface area contributed by atoms with E-state index in [1.54, 1.807) is 29.8 Å². The molecule has 0 radical (unpaired) electrons. The minimum Gasteiger partial charge on any atom is -0.392 e. The van der Waals surface area contributed by atoms with Gasteiger partial charge in [0, 0.05) is 19.3 Å². The molecule has 0 aliphatic carbocycles. The summed E-state index contributed by atoms with van der Waals surface area (Å²) < 4.78 is 1.75. The van der Waals surface area contributed by atoms with Crippen LogP contribution >= 0.6 is 0 Å². The van der Waals surface area contributed by atoms with Crippen LogP contribution in [-0.2, 0) is 6.54 Å². The van der Waals surface area contributed by atoms with Crippen LogP contribution in [0.3, 0.4) is 0 Å². The van der Waals surface area contributed by atoms with E-state index in [1.165, 1.54) is 0 Å². The second-order valence-electron chi connectivity index (χ2n) is 3.25. The first-order valence-corrected chi connectivity index (χ1v) is 4.76. The van der Waals surface area contributed by atoms with Gasteiger partial charge in [0.05, 0.1) is 6.10 Å². The largest absolute Gasteiger partial charge is 0.392 e. The van der Waals surface area contributed by atoms with Crippen LogP contribution in [0.25, 0.3) is 0 Å². The molecule has 1 amide bonds. The number of nitrogens with one attached hydrogen (secondary N) is 1. The minimum absolute atomic E-state index is 0.0989. The zero-order chi connectivity index (χ0) is 10.6. The molecule has 1 atom stereocenters. The van der Waals surface area contributed by atoms with Crippen LogP contribution in [0.2, 0.25) is 0 Å². The molecule has 78 valence electrons. The Kier molecular flexibility index (Phi) is 3.71. The molecule has 4 heteroatoms. The normalized spacial score (nSPS) is 12.5. The number of aromatic nitrogens is 1. The van der Waals surface area contributed by atoms with Gasteiger partial charge in [-0.2, -0.15) is 0 Å². The number of amides is 1. The van der Waals surface area contributed by atoms with Crippen molar-refractivity contribution in [1.82, 2.24) is 9.88 Å². The monoisotopic (exact) mass is 196 g/mol. The molecule has 1 unspecified atom stereocenters. The molecule has 0 saturated carbocycles. The molecule has 0 aliphatic heterocycles. The van der Waals surface area contributed by atoms with Gasteiger partial charge in [0.2, 0.25) is 0 Å². The molecular formula is C10H16N2O2. The standard InChI is InChI=1S/C10H16N2O2/c1-3-11-10(14)9-5-4-6-12(9)7-8(2)13/h4-6,8,13H,3,7H2,1-2H3,(H,11,14). The van der Waals surface area contributed by atoms with Crippen LogP contribution in [0.4, 0.5) is 0 Å². The average Bonchev–Trinajstić information content (AvgIpc) is 2.51. The van der Waals surface area contributed by atoms with Crippen LogP contribution in [0.1, 0.15) is 24.3 Å². The highest BCUT2D eigenvalue weighted by Gasteiger charge is 2.10. The van der Waals surface area contributed by atoms with E-state index in [4.69, 9.17) is 0 Å². The average molecular weight is 196 g/mol. The van der Waals surface area contributed by atoms with E-state index in [-0.39, 0.29) is 5.91 Å². The number of nitrogens with zero attached hydrogens (tertiary/aromatic N) is 1. The Morgan fingerprint density at radius 3 is 3.00 bits per heavy atom.